The smallest absolute Gasteiger partial charge is 0.0644 e. The molecule has 3 heteroatoms. The lowest BCUT2D eigenvalue weighted by Crippen LogP contribution is -2.09. The number of aryl methyl sites for hydroxylation is 1. The molecule has 0 radical (unpaired) electrons. The Balaban J connectivity index is 3.22. The van der Waals surface area contributed by atoms with E-state index in [1.54, 1.807) is 0 Å². The summed E-state index contributed by atoms with van der Waals surface area (Å²) in [5.41, 5.74) is 9.32. The van der Waals surface area contributed by atoms with Crippen LogP contribution in [-0.2, 0) is 0 Å². The second-order valence-corrected chi connectivity index (χ2v) is 3.91. The summed E-state index contributed by atoms with van der Waals surface area (Å²) in [5.74, 6) is 0. The van der Waals surface area contributed by atoms with Crippen molar-refractivity contribution >= 4 is 0 Å². The Bertz CT molecular complexity index is 297. The second kappa shape index (κ2) is 3.50. The molecule has 0 aliphatic rings. The predicted octanol–water partition coefficient (Wildman–Crippen LogP) is 2.10. The van der Waals surface area contributed by atoms with Crippen LogP contribution in [0.15, 0.2) is 0 Å². The lowest BCUT2D eigenvalue weighted by Gasteiger charge is -2.09. The zero-order valence-corrected chi connectivity index (χ0v) is 9.13. The van der Waals surface area contributed by atoms with Crippen LogP contribution < -0.4 is 5.73 Å². The quantitative estimate of drug-likeness (QED) is 0.759. The van der Waals surface area contributed by atoms with E-state index in [-0.39, 0.29) is 6.04 Å². The first-order chi connectivity index (χ1) is 5.95. The van der Waals surface area contributed by atoms with Crippen molar-refractivity contribution in [2.24, 2.45) is 5.73 Å². The summed E-state index contributed by atoms with van der Waals surface area (Å²) in [6.45, 7) is 10.4. The van der Waals surface area contributed by atoms with Crippen LogP contribution in [0.25, 0.3) is 0 Å². The molecular weight excluding hydrogens is 162 g/mol. The lowest BCUT2D eigenvalue weighted by molar-refractivity contribution is 0.515. The predicted molar refractivity (Wildman–Crippen MR) is 54.7 cm³/mol. The highest BCUT2D eigenvalue weighted by molar-refractivity contribution is 5.27. The van der Waals surface area contributed by atoms with Crippen LogP contribution in [0.1, 0.15) is 49.8 Å². The molecule has 1 rings (SSSR count). The third-order valence-corrected chi connectivity index (χ3v) is 2.33. The SMILES string of the molecule is Cc1nn(C(C)C)c(C)c1[C@H](C)N. The fourth-order valence-corrected chi connectivity index (χ4v) is 1.84. The van der Waals surface area contributed by atoms with Crippen molar-refractivity contribution < 1.29 is 0 Å². The topological polar surface area (TPSA) is 43.8 Å². The number of nitrogens with two attached hydrogens (primary N) is 1. The van der Waals surface area contributed by atoms with Crippen molar-refractivity contribution in [2.45, 2.75) is 46.7 Å². The summed E-state index contributed by atoms with van der Waals surface area (Å²) in [4.78, 5) is 0. The summed E-state index contributed by atoms with van der Waals surface area (Å²) in [6.07, 6.45) is 0. The van der Waals surface area contributed by atoms with Gasteiger partial charge in [-0.25, -0.2) is 0 Å². The van der Waals surface area contributed by atoms with Gasteiger partial charge in [0.2, 0.25) is 0 Å². The molecule has 0 aromatic carbocycles. The zero-order chi connectivity index (χ0) is 10.2. The van der Waals surface area contributed by atoms with Crippen LogP contribution in [0.5, 0.6) is 0 Å². The molecule has 0 saturated heterocycles. The maximum atomic E-state index is 5.88. The maximum Gasteiger partial charge on any atom is 0.0644 e. The van der Waals surface area contributed by atoms with E-state index >= 15 is 0 Å². The second-order valence-electron chi connectivity index (χ2n) is 3.91. The molecule has 0 amide bonds. The molecule has 0 saturated carbocycles. The van der Waals surface area contributed by atoms with Gasteiger partial charge in [0.25, 0.3) is 0 Å². The number of aromatic nitrogens is 2. The van der Waals surface area contributed by atoms with E-state index in [0.29, 0.717) is 6.04 Å². The standard InChI is InChI=1S/C10H19N3/c1-6(2)13-9(5)10(7(3)11)8(4)12-13/h6-7H,11H2,1-5H3/t7-/m0/s1. The van der Waals surface area contributed by atoms with Crippen LogP contribution in [-0.4, -0.2) is 9.78 Å². The van der Waals surface area contributed by atoms with Gasteiger partial charge in [-0.2, -0.15) is 5.10 Å². The van der Waals surface area contributed by atoms with Crippen molar-refractivity contribution in [1.82, 2.24) is 9.78 Å². The average molecular weight is 181 g/mol. The van der Waals surface area contributed by atoms with Gasteiger partial charge in [0.15, 0.2) is 0 Å². The Morgan fingerprint density at radius 1 is 1.23 bits per heavy atom. The van der Waals surface area contributed by atoms with Crippen LogP contribution in [0, 0.1) is 13.8 Å². The van der Waals surface area contributed by atoms with Crippen molar-refractivity contribution in [1.29, 1.82) is 0 Å². The van der Waals surface area contributed by atoms with Gasteiger partial charge in [-0.05, 0) is 34.6 Å². The number of rotatable bonds is 2. The lowest BCUT2D eigenvalue weighted by atomic mass is 10.1. The Morgan fingerprint density at radius 3 is 2.00 bits per heavy atom. The molecule has 0 unspecified atom stereocenters. The molecule has 1 heterocycles. The van der Waals surface area contributed by atoms with Crippen molar-refractivity contribution in [3.05, 3.63) is 17.0 Å². The molecule has 3 nitrogen and oxygen atoms in total. The van der Waals surface area contributed by atoms with E-state index in [9.17, 15) is 0 Å². The highest BCUT2D eigenvalue weighted by atomic mass is 15.3. The minimum absolute atomic E-state index is 0.0764. The molecule has 1 atom stereocenters. The Morgan fingerprint density at radius 2 is 1.77 bits per heavy atom. The van der Waals surface area contributed by atoms with Crippen molar-refractivity contribution in [3.8, 4) is 0 Å². The van der Waals surface area contributed by atoms with Gasteiger partial charge in [-0.15, -0.1) is 0 Å². The number of hydrogen-bond acceptors (Lipinski definition) is 2. The van der Waals surface area contributed by atoms with Gasteiger partial charge < -0.3 is 5.73 Å². The van der Waals surface area contributed by atoms with E-state index in [4.69, 9.17) is 5.73 Å². The molecule has 0 aliphatic carbocycles. The zero-order valence-electron chi connectivity index (χ0n) is 9.13. The molecule has 2 N–H and O–H groups in total. The summed E-state index contributed by atoms with van der Waals surface area (Å²) >= 11 is 0. The number of nitrogens with zero attached hydrogens (tertiary/aromatic N) is 2. The van der Waals surface area contributed by atoms with Crippen LogP contribution in [0.3, 0.4) is 0 Å². The fourth-order valence-electron chi connectivity index (χ4n) is 1.84. The first-order valence-electron chi connectivity index (χ1n) is 4.76. The molecule has 0 bridgehead atoms. The molecule has 0 aliphatic heterocycles. The minimum atomic E-state index is 0.0764. The fraction of sp³-hybridized carbons (Fsp3) is 0.700. The third-order valence-electron chi connectivity index (χ3n) is 2.33. The van der Waals surface area contributed by atoms with Crippen molar-refractivity contribution in [2.75, 3.05) is 0 Å². The Labute approximate surface area is 79.9 Å². The first-order valence-corrected chi connectivity index (χ1v) is 4.76. The monoisotopic (exact) mass is 181 g/mol. The largest absolute Gasteiger partial charge is 0.324 e. The molecule has 74 valence electrons. The highest BCUT2D eigenvalue weighted by Gasteiger charge is 2.15. The average Bonchev–Trinajstić information content (AvgIpc) is 2.26. The van der Waals surface area contributed by atoms with Gasteiger partial charge >= 0.3 is 0 Å². The van der Waals surface area contributed by atoms with Gasteiger partial charge in [0.05, 0.1) is 5.69 Å². The van der Waals surface area contributed by atoms with Gasteiger partial charge in [0.1, 0.15) is 0 Å². The summed E-state index contributed by atoms with van der Waals surface area (Å²) in [6, 6.07) is 0.485. The summed E-state index contributed by atoms with van der Waals surface area (Å²) in [5, 5.41) is 4.47. The van der Waals surface area contributed by atoms with E-state index in [0.717, 1.165) is 5.69 Å². The molecule has 0 fully saturated rings. The summed E-state index contributed by atoms with van der Waals surface area (Å²) < 4.78 is 2.04. The van der Waals surface area contributed by atoms with Crippen LogP contribution >= 0.6 is 0 Å². The molecule has 1 aromatic rings. The van der Waals surface area contributed by atoms with E-state index in [2.05, 4.69) is 25.9 Å². The van der Waals surface area contributed by atoms with E-state index in [1.165, 1.54) is 11.3 Å². The molecule has 0 spiro atoms. The van der Waals surface area contributed by atoms with Gasteiger partial charge in [0, 0.05) is 23.3 Å². The summed E-state index contributed by atoms with van der Waals surface area (Å²) in [7, 11) is 0. The van der Waals surface area contributed by atoms with E-state index in [1.807, 2.05) is 18.5 Å². The van der Waals surface area contributed by atoms with Crippen LogP contribution in [0.4, 0.5) is 0 Å². The Kier molecular flexibility index (Phi) is 2.76. The van der Waals surface area contributed by atoms with E-state index < -0.39 is 0 Å². The third kappa shape index (κ3) is 1.75. The first kappa shape index (κ1) is 10.3. The molecular formula is C10H19N3. The highest BCUT2D eigenvalue weighted by Crippen LogP contribution is 2.21. The van der Waals surface area contributed by atoms with Crippen molar-refractivity contribution in [3.63, 3.8) is 0 Å². The van der Waals surface area contributed by atoms with Crippen LogP contribution in [0.2, 0.25) is 0 Å². The van der Waals surface area contributed by atoms with Gasteiger partial charge in [-0.1, -0.05) is 0 Å². The maximum absolute atomic E-state index is 5.88. The minimum Gasteiger partial charge on any atom is -0.324 e. The number of hydrogen-bond donors (Lipinski definition) is 1. The molecule has 13 heavy (non-hydrogen) atoms. The normalized spacial score (nSPS) is 13.8. The Hall–Kier alpha value is -0.830. The molecule has 1 aromatic heterocycles. The van der Waals surface area contributed by atoms with Gasteiger partial charge in [-0.3, -0.25) is 4.68 Å².